The first kappa shape index (κ1) is 18.4. The van der Waals surface area contributed by atoms with Gasteiger partial charge in [0, 0.05) is 24.2 Å². The molecule has 120 valence electrons. The lowest BCUT2D eigenvalue weighted by Gasteiger charge is -2.13. The zero-order valence-electron chi connectivity index (χ0n) is 12.7. The molecular formula is C16H26BrNO3. The summed E-state index contributed by atoms with van der Waals surface area (Å²) < 4.78 is 12.0. The standard InChI is InChI=1S/C16H26BrNO3/c1-2-3-10-20-11-4-9-18-12-15(19)13-21-16-7-5-14(17)6-8-16/h5-8,15,18-19H,2-4,9-13H2,1H3. The second kappa shape index (κ2) is 12.0. The summed E-state index contributed by atoms with van der Waals surface area (Å²) in [5.41, 5.74) is 0. The molecule has 1 rings (SSSR count). The van der Waals surface area contributed by atoms with E-state index in [1.54, 1.807) is 0 Å². The van der Waals surface area contributed by atoms with Gasteiger partial charge in [-0.3, -0.25) is 0 Å². The SMILES string of the molecule is CCCCOCCCNCC(O)COc1ccc(Br)cc1. The van der Waals surface area contributed by atoms with Crippen LogP contribution >= 0.6 is 15.9 Å². The minimum Gasteiger partial charge on any atom is -0.491 e. The third kappa shape index (κ3) is 9.85. The smallest absolute Gasteiger partial charge is 0.119 e. The zero-order valence-corrected chi connectivity index (χ0v) is 14.3. The Morgan fingerprint density at radius 3 is 2.62 bits per heavy atom. The number of aliphatic hydroxyl groups excluding tert-OH is 1. The normalized spacial score (nSPS) is 12.3. The van der Waals surface area contributed by atoms with Crippen LogP contribution in [0.4, 0.5) is 0 Å². The lowest BCUT2D eigenvalue weighted by molar-refractivity contribution is 0.103. The van der Waals surface area contributed by atoms with Crippen LogP contribution < -0.4 is 10.1 Å². The molecule has 0 saturated heterocycles. The van der Waals surface area contributed by atoms with E-state index in [1.807, 2.05) is 24.3 Å². The molecule has 21 heavy (non-hydrogen) atoms. The van der Waals surface area contributed by atoms with E-state index in [9.17, 15) is 5.11 Å². The Bertz CT molecular complexity index is 359. The summed E-state index contributed by atoms with van der Waals surface area (Å²) in [6.45, 7) is 5.45. The largest absolute Gasteiger partial charge is 0.491 e. The third-order valence-corrected chi connectivity index (χ3v) is 3.45. The zero-order chi connectivity index (χ0) is 15.3. The van der Waals surface area contributed by atoms with Crippen molar-refractivity contribution in [2.24, 2.45) is 0 Å². The van der Waals surface area contributed by atoms with E-state index in [0.717, 1.165) is 42.8 Å². The molecule has 1 aromatic carbocycles. The molecule has 0 fully saturated rings. The van der Waals surface area contributed by atoms with Gasteiger partial charge in [-0.25, -0.2) is 0 Å². The van der Waals surface area contributed by atoms with Gasteiger partial charge in [-0.05, 0) is 43.7 Å². The highest BCUT2D eigenvalue weighted by Gasteiger charge is 2.04. The molecule has 0 amide bonds. The van der Waals surface area contributed by atoms with Crippen LogP contribution in [0.2, 0.25) is 0 Å². The van der Waals surface area contributed by atoms with Gasteiger partial charge in [0.2, 0.25) is 0 Å². The first-order valence-electron chi connectivity index (χ1n) is 7.57. The fourth-order valence-corrected chi connectivity index (χ4v) is 1.96. The number of benzene rings is 1. The monoisotopic (exact) mass is 359 g/mol. The third-order valence-electron chi connectivity index (χ3n) is 2.92. The molecule has 4 nitrogen and oxygen atoms in total. The quantitative estimate of drug-likeness (QED) is 0.563. The van der Waals surface area contributed by atoms with Crippen molar-refractivity contribution in [2.75, 3.05) is 32.9 Å². The summed E-state index contributed by atoms with van der Waals surface area (Å²) in [6, 6.07) is 7.58. The lowest BCUT2D eigenvalue weighted by atomic mass is 10.3. The number of aliphatic hydroxyl groups is 1. The topological polar surface area (TPSA) is 50.7 Å². The van der Waals surface area contributed by atoms with Crippen molar-refractivity contribution in [3.05, 3.63) is 28.7 Å². The Kier molecular flexibility index (Phi) is 10.5. The van der Waals surface area contributed by atoms with Crippen LogP contribution in [-0.2, 0) is 4.74 Å². The maximum atomic E-state index is 9.81. The molecule has 0 radical (unpaired) electrons. The van der Waals surface area contributed by atoms with E-state index < -0.39 is 6.10 Å². The van der Waals surface area contributed by atoms with Gasteiger partial charge in [0.05, 0.1) is 0 Å². The van der Waals surface area contributed by atoms with Gasteiger partial charge >= 0.3 is 0 Å². The van der Waals surface area contributed by atoms with Gasteiger partial charge in [0.1, 0.15) is 18.5 Å². The van der Waals surface area contributed by atoms with Crippen LogP contribution in [0.25, 0.3) is 0 Å². The van der Waals surface area contributed by atoms with E-state index >= 15 is 0 Å². The minimum absolute atomic E-state index is 0.293. The Balaban J connectivity index is 1.96. The average Bonchev–Trinajstić information content (AvgIpc) is 2.49. The molecule has 1 aromatic rings. The number of hydrogen-bond donors (Lipinski definition) is 2. The average molecular weight is 360 g/mol. The summed E-state index contributed by atoms with van der Waals surface area (Å²) in [5.74, 6) is 0.765. The van der Waals surface area contributed by atoms with Crippen molar-refractivity contribution in [1.29, 1.82) is 0 Å². The van der Waals surface area contributed by atoms with Gasteiger partial charge in [0.25, 0.3) is 0 Å². The number of rotatable bonds is 12. The second-order valence-electron chi connectivity index (χ2n) is 4.94. The Morgan fingerprint density at radius 2 is 1.90 bits per heavy atom. The summed E-state index contributed by atoms with van der Waals surface area (Å²) in [4.78, 5) is 0. The van der Waals surface area contributed by atoms with Crippen LogP contribution in [0.5, 0.6) is 5.75 Å². The molecular weight excluding hydrogens is 334 g/mol. The Hall–Kier alpha value is -0.620. The number of hydrogen-bond acceptors (Lipinski definition) is 4. The van der Waals surface area contributed by atoms with E-state index in [4.69, 9.17) is 9.47 Å². The van der Waals surface area contributed by atoms with Gasteiger partial charge in [0.15, 0.2) is 0 Å². The highest BCUT2D eigenvalue weighted by atomic mass is 79.9. The van der Waals surface area contributed by atoms with Crippen molar-refractivity contribution in [3.8, 4) is 5.75 Å². The number of halogens is 1. The molecule has 0 bridgehead atoms. The lowest BCUT2D eigenvalue weighted by Crippen LogP contribution is -2.32. The van der Waals surface area contributed by atoms with Crippen LogP contribution in [0.15, 0.2) is 28.7 Å². The highest BCUT2D eigenvalue weighted by molar-refractivity contribution is 9.10. The fourth-order valence-electron chi connectivity index (χ4n) is 1.70. The molecule has 0 saturated carbocycles. The predicted octanol–water partition coefficient (Wildman–Crippen LogP) is 2.99. The van der Waals surface area contributed by atoms with E-state index in [2.05, 4.69) is 28.2 Å². The molecule has 5 heteroatoms. The van der Waals surface area contributed by atoms with Gasteiger partial charge in [-0.15, -0.1) is 0 Å². The molecule has 0 aliphatic heterocycles. The fraction of sp³-hybridized carbons (Fsp3) is 0.625. The molecule has 1 atom stereocenters. The molecule has 0 spiro atoms. The Labute approximate surface area is 136 Å². The molecule has 0 heterocycles. The molecule has 0 aromatic heterocycles. The number of nitrogens with one attached hydrogen (secondary N) is 1. The van der Waals surface area contributed by atoms with Crippen molar-refractivity contribution < 1.29 is 14.6 Å². The van der Waals surface area contributed by atoms with Crippen LogP contribution in [0.1, 0.15) is 26.2 Å². The predicted molar refractivity (Wildman–Crippen MR) is 88.9 cm³/mol. The first-order valence-corrected chi connectivity index (χ1v) is 8.36. The van der Waals surface area contributed by atoms with E-state index in [-0.39, 0.29) is 0 Å². The second-order valence-corrected chi connectivity index (χ2v) is 5.86. The summed E-state index contributed by atoms with van der Waals surface area (Å²) in [5, 5.41) is 13.0. The van der Waals surface area contributed by atoms with Crippen molar-refractivity contribution in [2.45, 2.75) is 32.3 Å². The molecule has 0 aliphatic carbocycles. The highest BCUT2D eigenvalue weighted by Crippen LogP contribution is 2.16. The molecule has 2 N–H and O–H groups in total. The van der Waals surface area contributed by atoms with E-state index in [1.165, 1.54) is 6.42 Å². The van der Waals surface area contributed by atoms with Crippen molar-refractivity contribution in [1.82, 2.24) is 5.32 Å². The number of ether oxygens (including phenoxy) is 2. The van der Waals surface area contributed by atoms with Crippen LogP contribution in [0, 0.1) is 0 Å². The number of unbranched alkanes of at least 4 members (excludes halogenated alkanes) is 1. The summed E-state index contributed by atoms with van der Waals surface area (Å²) in [7, 11) is 0. The van der Waals surface area contributed by atoms with Gasteiger partial charge in [-0.2, -0.15) is 0 Å². The van der Waals surface area contributed by atoms with Crippen LogP contribution in [0.3, 0.4) is 0 Å². The van der Waals surface area contributed by atoms with E-state index in [0.29, 0.717) is 13.2 Å². The Morgan fingerprint density at radius 1 is 1.19 bits per heavy atom. The summed E-state index contributed by atoms with van der Waals surface area (Å²) >= 11 is 3.37. The van der Waals surface area contributed by atoms with Gasteiger partial charge < -0.3 is 19.9 Å². The van der Waals surface area contributed by atoms with Crippen LogP contribution in [-0.4, -0.2) is 44.1 Å². The molecule has 0 aliphatic rings. The first-order chi connectivity index (χ1) is 10.2. The van der Waals surface area contributed by atoms with Crippen molar-refractivity contribution in [3.63, 3.8) is 0 Å². The van der Waals surface area contributed by atoms with Gasteiger partial charge in [-0.1, -0.05) is 29.3 Å². The summed E-state index contributed by atoms with van der Waals surface area (Å²) in [6.07, 6.45) is 2.75. The minimum atomic E-state index is -0.505. The maximum Gasteiger partial charge on any atom is 0.119 e. The van der Waals surface area contributed by atoms with Crippen molar-refractivity contribution >= 4 is 15.9 Å². The maximum absolute atomic E-state index is 9.81. The molecule has 1 unspecified atom stereocenters.